The molecule has 2 amide bonds. The van der Waals surface area contributed by atoms with Crippen LogP contribution in [0.15, 0.2) is 46.9 Å². The molecular weight excluding hydrogens is 338 g/mol. The molecule has 0 spiro atoms. The monoisotopic (exact) mass is 353 g/mol. The number of para-hydroxylation sites is 1. The maximum atomic E-state index is 12.3. The molecule has 1 heterocycles. The molecule has 2 aromatic carbocycles. The van der Waals surface area contributed by atoms with Crippen molar-refractivity contribution >= 4 is 28.5 Å². The first kappa shape index (κ1) is 17.2. The van der Waals surface area contributed by atoms with Gasteiger partial charge in [0.2, 0.25) is 0 Å². The molecular formula is C18H15N3O5. The summed E-state index contributed by atoms with van der Waals surface area (Å²) < 4.78 is 5.52. The van der Waals surface area contributed by atoms with E-state index in [4.69, 9.17) is 4.42 Å². The molecule has 0 atom stereocenters. The molecule has 3 rings (SSSR count). The van der Waals surface area contributed by atoms with Crippen LogP contribution in [-0.4, -0.2) is 16.7 Å². The van der Waals surface area contributed by atoms with Gasteiger partial charge in [0, 0.05) is 23.1 Å². The van der Waals surface area contributed by atoms with E-state index in [1.165, 1.54) is 12.1 Å². The summed E-state index contributed by atoms with van der Waals surface area (Å²) in [6.45, 7) is 3.39. The predicted octanol–water partition coefficient (Wildman–Crippen LogP) is 3.03. The summed E-state index contributed by atoms with van der Waals surface area (Å²) in [5.41, 5.74) is 6.18. The van der Waals surface area contributed by atoms with Crippen molar-refractivity contribution in [2.75, 3.05) is 0 Å². The molecule has 26 heavy (non-hydrogen) atoms. The molecule has 0 saturated heterocycles. The zero-order chi connectivity index (χ0) is 18.8. The van der Waals surface area contributed by atoms with Crippen molar-refractivity contribution in [3.8, 4) is 0 Å². The number of hydrogen-bond acceptors (Lipinski definition) is 5. The number of nitro benzene ring substituents is 1. The molecule has 0 aliphatic rings. The largest absolute Gasteiger partial charge is 0.451 e. The minimum atomic E-state index is -0.659. The topological polar surface area (TPSA) is 114 Å². The lowest BCUT2D eigenvalue weighted by Gasteiger charge is -2.08. The first-order valence-electron chi connectivity index (χ1n) is 7.72. The number of hydrogen-bond donors (Lipinski definition) is 2. The maximum Gasteiger partial charge on any atom is 0.305 e. The van der Waals surface area contributed by atoms with Crippen LogP contribution in [0.5, 0.6) is 0 Å². The third-order valence-corrected chi connectivity index (χ3v) is 4.02. The number of furan rings is 1. The Hall–Kier alpha value is -3.68. The summed E-state index contributed by atoms with van der Waals surface area (Å²) in [5, 5.41) is 11.7. The van der Waals surface area contributed by atoms with Gasteiger partial charge in [0.1, 0.15) is 5.58 Å². The fourth-order valence-electron chi connectivity index (χ4n) is 2.60. The quantitative estimate of drug-likeness (QED) is 0.555. The molecule has 0 saturated carbocycles. The molecule has 0 aliphatic heterocycles. The minimum absolute atomic E-state index is 0.0854. The summed E-state index contributed by atoms with van der Waals surface area (Å²) in [5.74, 6) is -1.19. The molecule has 2 N–H and O–H groups in total. The van der Waals surface area contributed by atoms with Gasteiger partial charge >= 0.3 is 5.91 Å². The molecule has 132 valence electrons. The fourth-order valence-corrected chi connectivity index (χ4v) is 2.60. The SMILES string of the molecule is Cc1ccc([N+](=O)[O-])cc1C(=O)NNC(=O)c1oc2ccccc2c1C. The van der Waals surface area contributed by atoms with Crippen LogP contribution in [0.4, 0.5) is 5.69 Å². The van der Waals surface area contributed by atoms with Crippen LogP contribution in [0.3, 0.4) is 0 Å². The van der Waals surface area contributed by atoms with E-state index in [9.17, 15) is 19.7 Å². The molecule has 0 bridgehead atoms. The lowest BCUT2D eigenvalue weighted by Crippen LogP contribution is -2.42. The molecule has 0 fully saturated rings. The Morgan fingerprint density at radius 1 is 1.04 bits per heavy atom. The second-order valence-corrected chi connectivity index (χ2v) is 5.72. The third kappa shape index (κ3) is 3.12. The van der Waals surface area contributed by atoms with E-state index in [1.807, 2.05) is 12.1 Å². The van der Waals surface area contributed by atoms with E-state index >= 15 is 0 Å². The molecule has 0 unspecified atom stereocenters. The second kappa shape index (κ2) is 6.67. The Balaban J connectivity index is 1.77. The molecule has 0 radical (unpaired) electrons. The number of carbonyl (C=O) groups is 2. The number of aryl methyl sites for hydroxylation is 2. The average molecular weight is 353 g/mol. The Labute approximate surface area is 147 Å². The van der Waals surface area contributed by atoms with Crippen LogP contribution < -0.4 is 10.9 Å². The van der Waals surface area contributed by atoms with E-state index in [1.54, 1.807) is 26.0 Å². The molecule has 8 heteroatoms. The van der Waals surface area contributed by atoms with Crippen molar-refractivity contribution in [2.45, 2.75) is 13.8 Å². The summed E-state index contributed by atoms with van der Waals surface area (Å²) in [6, 6.07) is 11.1. The summed E-state index contributed by atoms with van der Waals surface area (Å²) in [6.07, 6.45) is 0. The molecule has 0 aliphatic carbocycles. The third-order valence-electron chi connectivity index (χ3n) is 4.02. The average Bonchev–Trinajstić information content (AvgIpc) is 2.97. The van der Waals surface area contributed by atoms with Gasteiger partial charge in [0.05, 0.1) is 10.5 Å². The Kier molecular flexibility index (Phi) is 4.40. The van der Waals surface area contributed by atoms with Crippen molar-refractivity contribution in [3.63, 3.8) is 0 Å². The number of carbonyl (C=O) groups excluding carboxylic acids is 2. The highest BCUT2D eigenvalue weighted by Gasteiger charge is 2.19. The summed E-state index contributed by atoms with van der Waals surface area (Å²) in [7, 11) is 0. The number of rotatable bonds is 3. The van der Waals surface area contributed by atoms with Gasteiger partial charge in [-0.1, -0.05) is 24.3 Å². The number of hydrazine groups is 1. The number of non-ortho nitro benzene ring substituents is 1. The van der Waals surface area contributed by atoms with Gasteiger partial charge in [-0.05, 0) is 25.5 Å². The lowest BCUT2D eigenvalue weighted by molar-refractivity contribution is -0.384. The van der Waals surface area contributed by atoms with E-state index in [-0.39, 0.29) is 17.0 Å². The van der Waals surface area contributed by atoms with Crippen LogP contribution in [0.2, 0.25) is 0 Å². The number of nitrogens with zero attached hydrogens (tertiary/aromatic N) is 1. The standard InChI is InChI=1S/C18H15N3O5/c1-10-7-8-12(21(24)25)9-14(10)17(22)19-20-18(23)16-11(2)13-5-3-4-6-15(13)26-16/h3-9H,1-2H3,(H,19,22)(H,20,23). The number of amides is 2. The van der Waals surface area contributed by atoms with Crippen molar-refractivity contribution in [1.29, 1.82) is 0 Å². The van der Waals surface area contributed by atoms with Gasteiger partial charge in [0.15, 0.2) is 5.76 Å². The number of nitro groups is 1. The highest BCUT2D eigenvalue weighted by atomic mass is 16.6. The number of fused-ring (bicyclic) bond motifs is 1. The van der Waals surface area contributed by atoms with Crippen molar-refractivity contribution in [2.24, 2.45) is 0 Å². The Morgan fingerprint density at radius 2 is 1.73 bits per heavy atom. The molecule has 1 aromatic heterocycles. The van der Waals surface area contributed by atoms with Crippen LogP contribution in [-0.2, 0) is 0 Å². The predicted molar refractivity (Wildman–Crippen MR) is 93.7 cm³/mol. The summed E-state index contributed by atoms with van der Waals surface area (Å²) >= 11 is 0. The zero-order valence-corrected chi connectivity index (χ0v) is 14.0. The fraction of sp³-hybridized carbons (Fsp3) is 0.111. The van der Waals surface area contributed by atoms with E-state index in [2.05, 4.69) is 10.9 Å². The van der Waals surface area contributed by atoms with E-state index in [0.717, 1.165) is 11.5 Å². The highest BCUT2D eigenvalue weighted by molar-refractivity contribution is 6.02. The zero-order valence-electron chi connectivity index (χ0n) is 14.0. The smallest absolute Gasteiger partial charge is 0.305 e. The Morgan fingerprint density at radius 3 is 2.42 bits per heavy atom. The first-order valence-corrected chi connectivity index (χ1v) is 7.72. The van der Waals surface area contributed by atoms with Crippen molar-refractivity contribution in [3.05, 3.63) is 75.0 Å². The lowest BCUT2D eigenvalue weighted by atomic mass is 10.1. The van der Waals surface area contributed by atoms with Crippen molar-refractivity contribution < 1.29 is 18.9 Å². The van der Waals surface area contributed by atoms with Gasteiger partial charge in [-0.15, -0.1) is 0 Å². The summed E-state index contributed by atoms with van der Waals surface area (Å²) in [4.78, 5) is 34.8. The normalized spacial score (nSPS) is 10.5. The molecule has 3 aromatic rings. The second-order valence-electron chi connectivity index (χ2n) is 5.72. The highest BCUT2D eigenvalue weighted by Crippen LogP contribution is 2.24. The van der Waals surface area contributed by atoms with E-state index in [0.29, 0.717) is 16.7 Å². The van der Waals surface area contributed by atoms with Gasteiger partial charge in [-0.2, -0.15) is 0 Å². The van der Waals surface area contributed by atoms with Gasteiger partial charge in [-0.25, -0.2) is 0 Å². The number of benzene rings is 2. The Bertz CT molecular complexity index is 1040. The number of nitrogens with one attached hydrogen (secondary N) is 2. The van der Waals surface area contributed by atoms with Crippen LogP contribution in [0.1, 0.15) is 32.0 Å². The minimum Gasteiger partial charge on any atom is -0.451 e. The van der Waals surface area contributed by atoms with Gasteiger partial charge < -0.3 is 4.42 Å². The van der Waals surface area contributed by atoms with Crippen LogP contribution >= 0.6 is 0 Å². The van der Waals surface area contributed by atoms with Crippen LogP contribution in [0, 0.1) is 24.0 Å². The van der Waals surface area contributed by atoms with Crippen LogP contribution in [0.25, 0.3) is 11.0 Å². The van der Waals surface area contributed by atoms with Gasteiger partial charge in [-0.3, -0.25) is 30.6 Å². The van der Waals surface area contributed by atoms with Crippen molar-refractivity contribution in [1.82, 2.24) is 10.9 Å². The van der Waals surface area contributed by atoms with Gasteiger partial charge in [0.25, 0.3) is 11.6 Å². The molecule has 8 nitrogen and oxygen atoms in total. The maximum absolute atomic E-state index is 12.3. The van der Waals surface area contributed by atoms with E-state index < -0.39 is 16.7 Å². The first-order chi connectivity index (χ1) is 12.4.